The van der Waals surface area contributed by atoms with E-state index in [1.807, 2.05) is 39.0 Å². The number of ether oxygens (including phenoxy) is 1. The average Bonchev–Trinajstić information content (AvgIpc) is 2.50. The van der Waals surface area contributed by atoms with E-state index in [1.54, 1.807) is 24.3 Å². The summed E-state index contributed by atoms with van der Waals surface area (Å²) in [6, 6.07) is 13.0. The Balaban J connectivity index is 2.08. The van der Waals surface area contributed by atoms with Crippen molar-refractivity contribution in [3.8, 4) is 5.75 Å². The minimum Gasteiger partial charge on any atom is -0.481 e. The lowest BCUT2D eigenvalue weighted by Crippen LogP contribution is -2.32. The maximum atomic E-state index is 12.4. The highest BCUT2D eigenvalue weighted by Crippen LogP contribution is 2.20. The van der Waals surface area contributed by atoms with Crippen molar-refractivity contribution in [2.45, 2.75) is 33.3 Å². The number of hydrogen-bond acceptors (Lipinski definition) is 2. The first-order chi connectivity index (χ1) is 10.5. The highest BCUT2D eigenvalue weighted by molar-refractivity contribution is 6.30. The van der Waals surface area contributed by atoms with Gasteiger partial charge in [-0.25, -0.2) is 0 Å². The molecule has 0 saturated carbocycles. The number of benzene rings is 2. The van der Waals surface area contributed by atoms with Crippen LogP contribution in [-0.4, -0.2) is 12.0 Å². The van der Waals surface area contributed by atoms with E-state index in [2.05, 4.69) is 5.32 Å². The molecule has 2 aromatic carbocycles. The summed E-state index contributed by atoms with van der Waals surface area (Å²) in [5.41, 5.74) is 2.95. The third-order valence-electron chi connectivity index (χ3n) is 3.41. The molecule has 1 N–H and O–H groups in total. The Morgan fingerprint density at radius 3 is 2.50 bits per heavy atom. The van der Waals surface area contributed by atoms with Crippen molar-refractivity contribution in [1.29, 1.82) is 0 Å². The second-order valence-electron chi connectivity index (χ2n) is 5.28. The molecule has 0 heterocycles. The fraction of sp³-hybridized carbons (Fsp3) is 0.278. The van der Waals surface area contributed by atoms with Crippen LogP contribution in [0.3, 0.4) is 0 Å². The molecule has 0 saturated heterocycles. The number of hydrogen-bond donors (Lipinski definition) is 1. The van der Waals surface area contributed by atoms with Crippen LogP contribution >= 0.6 is 11.6 Å². The van der Waals surface area contributed by atoms with Crippen molar-refractivity contribution in [2.24, 2.45) is 0 Å². The summed E-state index contributed by atoms with van der Waals surface area (Å²) >= 11 is 5.85. The van der Waals surface area contributed by atoms with Gasteiger partial charge in [-0.15, -0.1) is 0 Å². The van der Waals surface area contributed by atoms with Crippen LogP contribution in [-0.2, 0) is 4.79 Å². The lowest BCUT2D eigenvalue weighted by Gasteiger charge is -2.18. The molecule has 116 valence electrons. The first-order valence-electron chi connectivity index (χ1n) is 7.30. The molecule has 0 aromatic heterocycles. The van der Waals surface area contributed by atoms with Gasteiger partial charge in [0.25, 0.3) is 5.91 Å². The number of anilines is 1. The van der Waals surface area contributed by atoms with Gasteiger partial charge in [-0.1, -0.05) is 30.7 Å². The molecular formula is C18H20ClNO2. The van der Waals surface area contributed by atoms with Crippen molar-refractivity contribution in [2.75, 3.05) is 5.32 Å². The van der Waals surface area contributed by atoms with Gasteiger partial charge in [0.2, 0.25) is 0 Å². The van der Waals surface area contributed by atoms with E-state index in [-0.39, 0.29) is 5.91 Å². The number of carbonyl (C=O) groups excluding carboxylic acids is 1. The van der Waals surface area contributed by atoms with Crippen LogP contribution in [0, 0.1) is 13.8 Å². The molecule has 0 spiro atoms. The van der Waals surface area contributed by atoms with Crippen LogP contribution in [0.1, 0.15) is 24.5 Å². The fourth-order valence-corrected chi connectivity index (χ4v) is 2.21. The Kier molecular flexibility index (Phi) is 5.45. The lowest BCUT2D eigenvalue weighted by atomic mass is 10.1. The van der Waals surface area contributed by atoms with Crippen molar-refractivity contribution in [3.63, 3.8) is 0 Å². The van der Waals surface area contributed by atoms with Crippen LogP contribution in [0.25, 0.3) is 0 Å². The van der Waals surface area contributed by atoms with Gasteiger partial charge in [0, 0.05) is 10.7 Å². The van der Waals surface area contributed by atoms with Gasteiger partial charge < -0.3 is 10.1 Å². The van der Waals surface area contributed by atoms with Gasteiger partial charge in [0.15, 0.2) is 6.10 Å². The van der Waals surface area contributed by atoms with Crippen LogP contribution in [0.15, 0.2) is 42.5 Å². The highest BCUT2D eigenvalue weighted by atomic mass is 35.5. The Morgan fingerprint density at radius 1 is 1.18 bits per heavy atom. The standard InChI is InChI=1S/C18H20ClNO2/c1-4-17(22-15-9-7-14(19)8-10-15)18(21)20-16-11-12(2)5-6-13(16)3/h5-11,17H,4H2,1-3H3,(H,20,21)/t17-/m0/s1. The number of aryl methyl sites for hydroxylation is 2. The normalized spacial score (nSPS) is 11.8. The molecule has 0 aliphatic carbocycles. The van der Waals surface area contributed by atoms with Gasteiger partial charge in [-0.05, 0) is 61.7 Å². The van der Waals surface area contributed by atoms with Crippen molar-refractivity contribution < 1.29 is 9.53 Å². The molecule has 0 fully saturated rings. The third-order valence-corrected chi connectivity index (χ3v) is 3.66. The summed E-state index contributed by atoms with van der Waals surface area (Å²) in [6.45, 7) is 5.88. The smallest absolute Gasteiger partial charge is 0.265 e. The molecule has 0 bridgehead atoms. The second kappa shape index (κ2) is 7.32. The molecule has 1 atom stereocenters. The number of nitrogens with one attached hydrogen (secondary N) is 1. The molecule has 0 aliphatic rings. The van der Waals surface area contributed by atoms with Gasteiger partial charge in [-0.3, -0.25) is 4.79 Å². The van der Waals surface area contributed by atoms with Gasteiger partial charge >= 0.3 is 0 Å². The number of amides is 1. The SMILES string of the molecule is CC[C@H](Oc1ccc(Cl)cc1)C(=O)Nc1cc(C)ccc1C. The van der Waals surface area contributed by atoms with Crippen LogP contribution in [0.4, 0.5) is 5.69 Å². The highest BCUT2D eigenvalue weighted by Gasteiger charge is 2.19. The summed E-state index contributed by atoms with van der Waals surface area (Å²) < 4.78 is 5.75. The molecule has 2 aromatic rings. The average molecular weight is 318 g/mol. The molecule has 0 unspecified atom stereocenters. The predicted molar refractivity (Wildman–Crippen MR) is 90.7 cm³/mol. The van der Waals surface area contributed by atoms with Crippen molar-refractivity contribution >= 4 is 23.2 Å². The number of halogens is 1. The summed E-state index contributed by atoms with van der Waals surface area (Å²) in [5.74, 6) is 0.485. The Labute approximate surface area is 136 Å². The Hall–Kier alpha value is -2.00. The lowest BCUT2D eigenvalue weighted by molar-refractivity contribution is -0.122. The van der Waals surface area contributed by atoms with Crippen LogP contribution in [0.2, 0.25) is 5.02 Å². The van der Waals surface area contributed by atoms with Gasteiger partial charge in [0.1, 0.15) is 5.75 Å². The molecule has 4 heteroatoms. The number of carbonyl (C=O) groups is 1. The molecule has 2 rings (SSSR count). The monoisotopic (exact) mass is 317 g/mol. The molecular weight excluding hydrogens is 298 g/mol. The van der Waals surface area contributed by atoms with E-state index in [1.165, 1.54) is 0 Å². The number of rotatable bonds is 5. The zero-order valence-corrected chi connectivity index (χ0v) is 13.8. The van der Waals surface area contributed by atoms with Crippen LogP contribution < -0.4 is 10.1 Å². The maximum Gasteiger partial charge on any atom is 0.265 e. The summed E-state index contributed by atoms with van der Waals surface area (Å²) in [4.78, 5) is 12.4. The Bertz CT molecular complexity index is 653. The van der Waals surface area contributed by atoms with E-state index in [9.17, 15) is 4.79 Å². The predicted octanol–water partition coefficient (Wildman–Crippen LogP) is 4.75. The summed E-state index contributed by atoms with van der Waals surface area (Å²) in [5, 5.41) is 3.58. The Morgan fingerprint density at radius 2 is 1.86 bits per heavy atom. The van der Waals surface area contributed by atoms with Gasteiger partial charge in [-0.2, -0.15) is 0 Å². The quantitative estimate of drug-likeness (QED) is 0.864. The summed E-state index contributed by atoms with van der Waals surface area (Å²) in [7, 11) is 0. The van der Waals surface area contributed by atoms with Crippen molar-refractivity contribution in [3.05, 3.63) is 58.6 Å². The van der Waals surface area contributed by atoms with E-state index < -0.39 is 6.10 Å². The van der Waals surface area contributed by atoms with Crippen molar-refractivity contribution in [1.82, 2.24) is 0 Å². The molecule has 3 nitrogen and oxygen atoms in total. The van der Waals surface area contributed by atoms with E-state index in [4.69, 9.17) is 16.3 Å². The minimum absolute atomic E-state index is 0.147. The fourth-order valence-electron chi connectivity index (χ4n) is 2.08. The molecule has 1 amide bonds. The maximum absolute atomic E-state index is 12.4. The topological polar surface area (TPSA) is 38.3 Å². The van der Waals surface area contributed by atoms with E-state index in [0.29, 0.717) is 17.2 Å². The molecule has 0 radical (unpaired) electrons. The minimum atomic E-state index is -0.541. The first kappa shape index (κ1) is 16.4. The first-order valence-corrected chi connectivity index (χ1v) is 7.67. The molecule has 22 heavy (non-hydrogen) atoms. The molecule has 0 aliphatic heterocycles. The second-order valence-corrected chi connectivity index (χ2v) is 5.71. The third kappa shape index (κ3) is 4.25. The zero-order chi connectivity index (χ0) is 16.1. The van der Waals surface area contributed by atoms with E-state index in [0.717, 1.165) is 16.8 Å². The summed E-state index contributed by atoms with van der Waals surface area (Å²) in [6.07, 6.45) is 0.0420. The zero-order valence-electron chi connectivity index (χ0n) is 13.0. The largest absolute Gasteiger partial charge is 0.481 e. The van der Waals surface area contributed by atoms with Gasteiger partial charge in [0.05, 0.1) is 0 Å². The van der Waals surface area contributed by atoms with Crippen LogP contribution in [0.5, 0.6) is 5.75 Å². The van der Waals surface area contributed by atoms with E-state index >= 15 is 0 Å².